The van der Waals surface area contributed by atoms with Crippen LogP contribution in [0.2, 0.25) is 0 Å². The number of hydrogen-bond acceptors (Lipinski definition) is 7. The molecule has 4 aromatic rings. The van der Waals surface area contributed by atoms with Gasteiger partial charge in [0.05, 0.1) is 23.9 Å². The smallest absolute Gasteiger partial charge is 0.257 e. The Morgan fingerprint density at radius 2 is 1.76 bits per heavy atom. The first-order chi connectivity index (χ1) is 18.1. The number of nitrogens with zero attached hydrogens (tertiary/aromatic N) is 3. The molecule has 0 radical (unpaired) electrons. The molecular formula is C29H28N4O4. The molecule has 0 fully saturated rings. The first-order valence-electron chi connectivity index (χ1n) is 12.1. The van der Waals surface area contributed by atoms with E-state index in [4.69, 9.17) is 14.5 Å². The zero-order chi connectivity index (χ0) is 25.6. The summed E-state index contributed by atoms with van der Waals surface area (Å²) in [6.45, 7) is 0.906. The van der Waals surface area contributed by atoms with Crippen molar-refractivity contribution in [3.63, 3.8) is 0 Å². The van der Waals surface area contributed by atoms with Crippen molar-refractivity contribution in [1.29, 1.82) is 0 Å². The maximum Gasteiger partial charge on any atom is 0.257 e. The topological polar surface area (TPSA) is 96.8 Å². The van der Waals surface area contributed by atoms with Crippen LogP contribution in [0.25, 0.3) is 11.3 Å². The van der Waals surface area contributed by atoms with Gasteiger partial charge < -0.3 is 24.8 Å². The van der Waals surface area contributed by atoms with Crippen LogP contribution in [0.15, 0.2) is 85.1 Å². The highest BCUT2D eigenvalue weighted by molar-refractivity contribution is 5.99. The second-order valence-corrected chi connectivity index (χ2v) is 8.80. The number of likely N-dealkylation sites (N-methyl/N-ethyl adjacent to an activating group) is 1. The fourth-order valence-electron chi connectivity index (χ4n) is 4.18. The van der Waals surface area contributed by atoms with Crippen molar-refractivity contribution in [1.82, 2.24) is 14.9 Å². The summed E-state index contributed by atoms with van der Waals surface area (Å²) in [5.41, 5.74) is 3.56. The zero-order valence-electron chi connectivity index (χ0n) is 20.5. The Hall–Kier alpha value is -4.43. The van der Waals surface area contributed by atoms with Crippen LogP contribution in [0, 0.1) is 0 Å². The van der Waals surface area contributed by atoms with Gasteiger partial charge in [0.25, 0.3) is 5.91 Å². The molecule has 0 aliphatic carbocycles. The van der Waals surface area contributed by atoms with Crippen LogP contribution >= 0.6 is 0 Å². The SMILES string of the molecule is CN(CC(O)c1ccc2c(c1)OCO2)C(=O)c1cnc(NCCc2ccccc2)nc1-c1ccccc1. The summed E-state index contributed by atoms with van der Waals surface area (Å²) in [6.07, 6.45) is 1.47. The fourth-order valence-corrected chi connectivity index (χ4v) is 4.18. The van der Waals surface area contributed by atoms with Gasteiger partial charge in [0, 0.05) is 25.4 Å². The predicted octanol–water partition coefficient (Wildman–Crippen LogP) is 4.33. The summed E-state index contributed by atoms with van der Waals surface area (Å²) in [4.78, 5) is 24.1. The molecular weight excluding hydrogens is 468 g/mol. The molecule has 1 unspecified atom stereocenters. The normalized spacial score (nSPS) is 12.7. The molecule has 1 aliphatic rings. The highest BCUT2D eigenvalue weighted by Gasteiger charge is 2.23. The van der Waals surface area contributed by atoms with Crippen LogP contribution in [0.4, 0.5) is 5.95 Å². The van der Waals surface area contributed by atoms with E-state index in [1.54, 1.807) is 31.4 Å². The number of aliphatic hydroxyl groups is 1. The number of anilines is 1. The largest absolute Gasteiger partial charge is 0.454 e. The van der Waals surface area contributed by atoms with E-state index < -0.39 is 6.10 Å². The summed E-state index contributed by atoms with van der Waals surface area (Å²) in [7, 11) is 1.65. The standard InChI is InChI=1S/C29H28N4O4/c1-33(18-24(34)22-12-13-25-26(16-22)37-19-36-25)28(35)23-17-31-29(30-15-14-20-8-4-2-5-9-20)32-27(23)21-10-6-3-7-11-21/h2-13,16-17,24,34H,14-15,18-19H2,1H3,(H,30,31,32). The van der Waals surface area contributed by atoms with Gasteiger partial charge in [0.2, 0.25) is 12.7 Å². The fraction of sp³-hybridized carbons (Fsp3) is 0.207. The maximum atomic E-state index is 13.5. The van der Waals surface area contributed by atoms with Crippen molar-refractivity contribution in [2.75, 3.05) is 32.2 Å². The lowest BCUT2D eigenvalue weighted by atomic mass is 10.1. The molecule has 0 saturated heterocycles. The molecule has 0 bridgehead atoms. The molecule has 0 saturated carbocycles. The number of aliphatic hydroxyl groups excluding tert-OH is 1. The molecule has 2 heterocycles. The Morgan fingerprint density at radius 3 is 2.54 bits per heavy atom. The molecule has 5 rings (SSSR count). The zero-order valence-corrected chi connectivity index (χ0v) is 20.5. The summed E-state index contributed by atoms with van der Waals surface area (Å²) in [5.74, 6) is 1.40. The van der Waals surface area contributed by atoms with Crippen LogP contribution in [0.3, 0.4) is 0 Å². The molecule has 1 aromatic heterocycles. The number of ether oxygens (including phenoxy) is 2. The summed E-state index contributed by atoms with van der Waals surface area (Å²) in [6, 6.07) is 25.0. The number of benzene rings is 3. The molecule has 0 spiro atoms. The Labute approximate surface area is 215 Å². The molecule has 3 aromatic carbocycles. The second kappa shape index (κ2) is 11.1. The third-order valence-corrected chi connectivity index (χ3v) is 6.18. The Kier molecular flexibility index (Phi) is 7.28. The van der Waals surface area contributed by atoms with Crippen LogP contribution in [-0.2, 0) is 6.42 Å². The molecule has 1 aliphatic heterocycles. The Balaban J connectivity index is 1.32. The Morgan fingerprint density at radius 1 is 1.03 bits per heavy atom. The van der Waals surface area contributed by atoms with E-state index in [0.29, 0.717) is 40.8 Å². The van der Waals surface area contributed by atoms with Crippen molar-refractivity contribution in [3.05, 3.63) is 102 Å². The average Bonchev–Trinajstić information content (AvgIpc) is 3.42. The lowest BCUT2D eigenvalue weighted by Crippen LogP contribution is -2.31. The second-order valence-electron chi connectivity index (χ2n) is 8.80. The van der Waals surface area contributed by atoms with E-state index in [2.05, 4.69) is 22.4 Å². The van der Waals surface area contributed by atoms with Gasteiger partial charge in [-0.3, -0.25) is 4.79 Å². The van der Waals surface area contributed by atoms with E-state index in [9.17, 15) is 9.90 Å². The minimum Gasteiger partial charge on any atom is -0.454 e. The maximum absolute atomic E-state index is 13.5. The molecule has 1 atom stereocenters. The van der Waals surface area contributed by atoms with Crippen LogP contribution in [-0.4, -0.2) is 52.8 Å². The van der Waals surface area contributed by atoms with E-state index in [1.807, 2.05) is 48.5 Å². The molecule has 8 heteroatoms. The van der Waals surface area contributed by atoms with Crippen molar-refractivity contribution in [2.24, 2.45) is 0 Å². The number of carbonyl (C=O) groups is 1. The van der Waals surface area contributed by atoms with Gasteiger partial charge >= 0.3 is 0 Å². The number of hydrogen-bond donors (Lipinski definition) is 2. The molecule has 8 nitrogen and oxygen atoms in total. The van der Waals surface area contributed by atoms with E-state index in [0.717, 1.165) is 12.0 Å². The number of fused-ring (bicyclic) bond motifs is 1. The molecule has 2 N–H and O–H groups in total. The summed E-state index contributed by atoms with van der Waals surface area (Å²) >= 11 is 0. The monoisotopic (exact) mass is 496 g/mol. The third kappa shape index (κ3) is 5.70. The highest BCUT2D eigenvalue weighted by Crippen LogP contribution is 2.34. The third-order valence-electron chi connectivity index (χ3n) is 6.18. The first-order valence-corrected chi connectivity index (χ1v) is 12.1. The number of carbonyl (C=O) groups excluding carboxylic acids is 1. The quantitative estimate of drug-likeness (QED) is 0.356. The van der Waals surface area contributed by atoms with E-state index in [1.165, 1.54) is 10.5 Å². The van der Waals surface area contributed by atoms with Crippen molar-refractivity contribution in [3.8, 4) is 22.8 Å². The van der Waals surface area contributed by atoms with Gasteiger partial charge in [-0.2, -0.15) is 0 Å². The van der Waals surface area contributed by atoms with Gasteiger partial charge in [-0.1, -0.05) is 66.7 Å². The van der Waals surface area contributed by atoms with Gasteiger partial charge in [-0.05, 0) is 29.7 Å². The number of aromatic nitrogens is 2. The predicted molar refractivity (Wildman–Crippen MR) is 141 cm³/mol. The Bertz CT molecular complexity index is 1370. The van der Waals surface area contributed by atoms with Gasteiger partial charge in [0.15, 0.2) is 11.5 Å². The summed E-state index contributed by atoms with van der Waals surface area (Å²) in [5, 5.41) is 14.1. The van der Waals surface area contributed by atoms with Crippen LogP contribution in [0.5, 0.6) is 11.5 Å². The van der Waals surface area contributed by atoms with Gasteiger partial charge in [-0.15, -0.1) is 0 Å². The van der Waals surface area contributed by atoms with Crippen molar-refractivity contribution in [2.45, 2.75) is 12.5 Å². The lowest BCUT2D eigenvalue weighted by Gasteiger charge is -2.22. The highest BCUT2D eigenvalue weighted by atomic mass is 16.7. The van der Waals surface area contributed by atoms with Crippen molar-refractivity contribution >= 4 is 11.9 Å². The number of nitrogens with one attached hydrogen (secondary N) is 1. The van der Waals surface area contributed by atoms with Gasteiger partial charge in [-0.25, -0.2) is 9.97 Å². The summed E-state index contributed by atoms with van der Waals surface area (Å²) < 4.78 is 10.7. The van der Waals surface area contributed by atoms with Crippen molar-refractivity contribution < 1.29 is 19.4 Å². The minimum absolute atomic E-state index is 0.0871. The van der Waals surface area contributed by atoms with Crippen LogP contribution < -0.4 is 14.8 Å². The van der Waals surface area contributed by atoms with E-state index >= 15 is 0 Å². The molecule has 37 heavy (non-hydrogen) atoms. The minimum atomic E-state index is -0.900. The van der Waals surface area contributed by atoms with Gasteiger partial charge in [0.1, 0.15) is 0 Å². The molecule has 188 valence electrons. The number of rotatable bonds is 9. The first kappa shape index (κ1) is 24.3. The van der Waals surface area contributed by atoms with Crippen LogP contribution in [0.1, 0.15) is 27.6 Å². The number of amides is 1. The average molecular weight is 497 g/mol. The molecule has 1 amide bonds. The van der Waals surface area contributed by atoms with E-state index in [-0.39, 0.29) is 19.2 Å². The lowest BCUT2D eigenvalue weighted by molar-refractivity contribution is 0.0681.